The van der Waals surface area contributed by atoms with Crippen molar-refractivity contribution in [3.8, 4) is 0 Å². The molecule has 74 valence electrons. The molecule has 1 aromatic rings. The van der Waals surface area contributed by atoms with E-state index in [1.54, 1.807) is 18.2 Å². The van der Waals surface area contributed by atoms with Gasteiger partial charge in [-0.25, -0.2) is 0 Å². The second-order valence-corrected chi connectivity index (χ2v) is 3.23. The molecule has 1 aromatic heterocycles. The molecule has 4 heteroatoms. The van der Waals surface area contributed by atoms with E-state index in [1.165, 1.54) is 12.3 Å². The molecule has 1 aliphatic carbocycles. The topological polar surface area (TPSA) is 12.9 Å². The summed E-state index contributed by atoms with van der Waals surface area (Å²) >= 11 is 0. The number of fused-ring (bicyclic) bond motifs is 1. The maximum absolute atomic E-state index is 12.4. The van der Waals surface area contributed by atoms with Crippen LogP contribution in [0.1, 0.15) is 6.42 Å². The Bertz CT molecular complexity index is 447. The van der Waals surface area contributed by atoms with Crippen molar-refractivity contribution in [3.05, 3.63) is 28.9 Å². The summed E-state index contributed by atoms with van der Waals surface area (Å²) in [6.07, 6.45) is 0.131. The lowest BCUT2D eigenvalue weighted by atomic mass is 9.99. The molecule has 1 aliphatic rings. The third kappa shape index (κ3) is 1.64. The lowest BCUT2D eigenvalue weighted by Crippen LogP contribution is -2.35. The van der Waals surface area contributed by atoms with Gasteiger partial charge in [0.2, 0.25) is 0 Å². The number of hydrogen-bond donors (Lipinski definition) is 0. The molecule has 0 saturated heterocycles. The molecule has 1 atom stereocenters. The summed E-state index contributed by atoms with van der Waals surface area (Å²) in [4.78, 5) is 3.90. The van der Waals surface area contributed by atoms with Gasteiger partial charge in [-0.05, 0) is 23.8 Å². The largest absolute Gasteiger partial charge is 0.395 e. The number of halogens is 3. The quantitative estimate of drug-likeness (QED) is 0.612. The summed E-state index contributed by atoms with van der Waals surface area (Å²) in [5.74, 6) is -1.38. The van der Waals surface area contributed by atoms with E-state index < -0.39 is 12.1 Å². The van der Waals surface area contributed by atoms with Gasteiger partial charge in [0, 0.05) is 6.20 Å². The molecule has 1 nitrogen and oxygen atoms in total. The van der Waals surface area contributed by atoms with Crippen LogP contribution in [0.25, 0.3) is 12.2 Å². The van der Waals surface area contributed by atoms with Crippen LogP contribution in [0.5, 0.6) is 0 Å². The summed E-state index contributed by atoms with van der Waals surface area (Å²) < 4.78 is 37.1. The second-order valence-electron chi connectivity index (χ2n) is 3.23. The molecule has 1 heterocycles. The van der Waals surface area contributed by atoms with Gasteiger partial charge in [0.25, 0.3) is 0 Å². The molecular formula is C10H8F3N. The summed E-state index contributed by atoms with van der Waals surface area (Å²) in [5, 5.41) is 1.22. The van der Waals surface area contributed by atoms with E-state index in [1.807, 2.05) is 0 Å². The zero-order valence-electron chi connectivity index (χ0n) is 7.25. The van der Waals surface area contributed by atoms with Crippen LogP contribution in [-0.2, 0) is 0 Å². The van der Waals surface area contributed by atoms with Gasteiger partial charge in [-0.1, -0.05) is 12.1 Å². The second kappa shape index (κ2) is 3.12. The summed E-state index contributed by atoms with van der Waals surface area (Å²) in [6, 6.07) is 3.49. The highest BCUT2D eigenvalue weighted by Crippen LogP contribution is 2.30. The number of nitrogens with zero attached hydrogens (tertiary/aromatic N) is 1. The molecule has 0 spiro atoms. The monoisotopic (exact) mass is 199 g/mol. The first-order valence-corrected chi connectivity index (χ1v) is 4.27. The van der Waals surface area contributed by atoms with Crippen molar-refractivity contribution in [1.82, 2.24) is 4.98 Å². The van der Waals surface area contributed by atoms with Gasteiger partial charge in [0.1, 0.15) is 0 Å². The first kappa shape index (κ1) is 9.24. The first-order valence-electron chi connectivity index (χ1n) is 4.27. The van der Waals surface area contributed by atoms with E-state index in [0.717, 1.165) is 5.22 Å². The minimum absolute atomic E-state index is 0.0161. The molecule has 14 heavy (non-hydrogen) atoms. The Hall–Kier alpha value is -1.32. The van der Waals surface area contributed by atoms with Crippen molar-refractivity contribution < 1.29 is 13.2 Å². The lowest BCUT2D eigenvalue weighted by molar-refractivity contribution is -0.155. The highest BCUT2D eigenvalue weighted by molar-refractivity contribution is 5.39. The van der Waals surface area contributed by atoms with Gasteiger partial charge in [-0.2, -0.15) is 13.2 Å². The summed E-state index contributed by atoms with van der Waals surface area (Å²) in [6.45, 7) is 0. The molecule has 0 radical (unpaired) electrons. The van der Waals surface area contributed by atoms with Gasteiger partial charge in [-0.3, -0.25) is 4.98 Å². The smallest absolute Gasteiger partial charge is 0.257 e. The van der Waals surface area contributed by atoms with Crippen molar-refractivity contribution in [2.75, 3.05) is 0 Å². The lowest BCUT2D eigenvalue weighted by Gasteiger charge is -2.16. The third-order valence-corrected chi connectivity index (χ3v) is 2.24. The van der Waals surface area contributed by atoms with E-state index in [-0.39, 0.29) is 6.42 Å². The molecule has 0 aromatic carbocycles. The Morgan fingerprint density at radius 3 is 2.86 bits per heavy atom. The van der Waals surface area contributed by atoms with Crippen LogP contribution in [0.4, 0.5) is 13.2 Å². The van der Waals surface area contributed by atoms with Crippen molar-refractivity contribution in [2.45, 2.75) is 12.6 Å². The zero-order valence-corrected chi connectivity index (χ0v) is 7.25. The average Bonchev–Trinajstić information content (AvgIpc) is 2.16. The Balaban J connectivity index is 2.49. The number of hydrogen-bond acceptors (Lipinski definition) is 1. The van der Waals surface area contributed by atoms with Crippen LogP contribution in [-0.4, -0.2) is 11.2 Å². The molecule has 0 amide bonds. The Labute approximate surface area is 78.6 Å². The van der Waals surface area contributed by atoms with Crippen molar-refractivity contribution in [1.29, 1.82) is 0 Å². The Morgan fingerprint density at radius 2 is 2.14 bits per heavy atom. The van der Waals surface area contributed by atoms with Crippen molar-refractivity contribution >= 4 is 12.2 Å². The van der Waals surface area contributed by atoms with E-state index in [0.29, 0.717) is 5.35 Å². The molecule has 0 saturated carbocycles. The number of rotatable bonds is 0. The Morgan fingerprint density at radius 1 is 1.36 bits per heavy atom. The highest BCUT2D eigenvalue weighted by Gasteiger charge is 2.37. The van der Waals surface area contributed by atoms with Crippen LogP contribution in [0.3, 0.4) is 0 Å². The van der Waals surface area contributed by atoms with Crippen LogP contribution < -0.4 is 10.6 Å². The van der Waals surface area contributed by atoms with Crippen LogP contribution >= 0.6 is 0 Å². The average molecular weight is 199 g/mol. The predicted molar refractivity (Wildman–Crippen MR) is 46.6 cm³/mol. The minimum Gasteiger partial charge on any atom is -0.257 e. The highest BCUT2D eigenvalue weighted by atomic mass is 19.4. The fraction of sp³-hybridized carbons (Fsp3) is 0.300. The summed E-state index contributed by atoms with van der Waals surface area (Å²) in [7, 11) is 0. The van der Waals surface area contributed by atoms with E-state index in [9.17, 15) is 13.2 Å². The standard InChI is InChI=1S/C10H8F3N/c11-10(12,13)8-4-3-7-2-1-5-14-9(7)6-8/h1-3,5-6,8H,4H2. The molecule has 0 bridgehead atoms. The van der Waals surface area contributed by atoms with Gasteiger partial charge >= 0.3 is 6.18 Å². The number of aromatic nitrogens is 1. The minimum atomic E-state index is -4.16. The molecule has 2 rings (SSSR count). The predicted octanol–water partition coefficient (Wildman–Crippen LogP) is 1.22. The van der Waals surface area contributed by atoms with Gasteiger partial charge in [0.05, 0.1) is 11.3 Å². The van der Waals surface area contributed by atoms with Crippen molar-refractivity contribution in [2.24, 2.45) is 5.92 Å². The molecular weight excluding hydrogens is 191 g/mol. The molecule has 0 fully saturated rings. The van der Waals surface area contributed by atoms with Gasteiger partial charge in [0.15, 0.2) is 0 Å². The maximum atomic E-state index is 12.4. The fourth-order valence-electron chi connectivity index (χ4n) is 1.48. The summed E-state index contributed by atoms with van der Waals surface area (Å²) in [5.41, 5.74) is 0. The fourth-order valence-corrected chi connectivity index (χ4v) is 1.48. The molecule has 1 unspecified atom stereocenters. The molecule has 0 aliphatic heterocycles. The Kier molecular flexibility index (Phi) is 2.06. The first-order chi connectivity index (χ1) is 6.57. The third-order valence-electron chi connectivity index (χ3n) is 2.24. The number of alkyl halides is 3. The zero-order chi connectivity index (χ0) is 10.2. The number of pyridine rings is 1. The van der Waals surface area contributed by atoms with E-state index >= 15 is 0 Å². The normalized spacial score (nSPS) is 20.6. The van der Waals surface area contributed by atoms with Gasteiger partial charge in [-0.15, -0.1) is 0 Å². The maximum Gasteiger partial charge on any atom is 0.395 e. The van der Waals surface area contributed by atoms with E-state index in [2.05, 4.69) is 4.98 Å². The van der Waals surface area contributed by atoms with Crippen LogP contribution in [0, 0.1) is 5.92 Å². The van der Waals surface area contributed by atoms with Crippen molar-refractivity contribution in [3.63, 3.8) is 0 Å². The van der Waals surface area contributed by atoms with Crippen LogP contribution in [0.2, 0.25) is 0 Å². The SMILES string of the molecule is FC(F)(F)C1C=c2ncccc2=CC1. The van der Waals surface area contributed by atoms with Crippen LogP contribution in [0.15, 0.2) is 18.3 Å². The molecule has 0 N–H and O–H groups in total. The van der Waals surface area contributed by atoms with E-state index in [4.69, 9.17) is 0 Å². The van der Waals surface area contributed by atoms with Gasteiger partial charge < -0.3 is 0 Å².